The van der Waals surface area contributed by atoms with Crippen LogP contribution in [0.5, 0.6) is 5.75 Å². The molecule has 1 aromatic rings. The van der Waals surface area contributed by atoms with Gasteiger partial charge in [-0.25, -0.2) is 4.79 Å². The van der Waals surface area contributed by atoms with E-state index in [9.17, 15) is 9.90 Å². The molecular formula is C13H14BrNO2. The molecule has 0 heterocycles. The van der Waals surface area contributed by atoms with Gasteiger partial charge in [0.25, 0.3) is 0 Å². The number of carbonyl (C=O) groups excluding carboxylic acids is 1. The lowest BCUT2D eigenvalue weighted by atomic mass is 9.70. The van der Waals surface area contributed by atoms with Crippen molar-refractivity contribution >= 4 is 22.0 Å². The summed E-state index contributed by atoms with van der Waals surface area (Å²) >= 11 is 3.41. The monoisotopic (exact) mass is 295 g/mol. The van der Waals surface area contributed by atoms with Gasteiger partial charge in [-0.1, -0.05) is 15.9 Å². The van der Waals surface area contributed by atoms with Crippen molar-refractivity contribution in [3.8, 4) is 5.75 Å². The van der Waals surface area contributed by atoms with Crippen LogP contribution in [0.25, 0.3) is 0 Å². The number of nitrogens with zero attached hydrogens (tertiary/aromatic N) is 1. The predicted octanol–water partition coefficient (Wildman–Crippen LogP) is 3.49. The van der Waals surface area contributed by atoms with Crippen molar-refractivity contribution in [3.05, 3.63) is 27.2 Å². The van der Waals surface area contributed by atoms with Crippen LogP contribution in [0.15, 0.2) is 15.5 Å². The van der Waals surface area contributed by atoms with E-state index in [-0.39, 0.29) is 5.75 Å². The summed E-state index contributed by atoms with van der Waals surface area (Å²) in [6.45, 7) is 3.78. The van der Waals surface area contributed by atoms with E-state index < -0.39 is 5.54 Å². The Bertz CT molecular complexity index is 515. The van der Waals surface area contributed by atoms with Gasteiger partial charge in [-0.15, -0.1) is 0 Å². The molecule has 17 heavy (non-hydrogen) atoms. The first-order valence-electron chi connectivity index (χ1n) is 5.60. The maximum atomic E-state index is 10.6. The van der Waals surface area contributed by atoms with E-state index in [0.29, 0.717) is 0 Å². The molecule has 1 N–H and O–H groups in total. The summed E-state index contributed by atoms with van der Waals surface area (Å²) in [7, 11) is 0. The largest absolute Gasteiger partial charge is 0.507 e. The van der Waals surface area contributed by atoms with E-state index in [4.69, 9.17) is 0 Å². The highest BCUT2D eigenvalue weighted by atomic mass is 79.9. The Morgan fingerprint density at radius 2 is 2.12 bits per heavy atom. The third-order valence-corrected chi connectivity index (χ3v) is 4.42. The van der Waals surface area contributed by atoms with Crippen molar-refractivity contribution in [3.63, 3.8) is 0 Å². The first-order chi connectivity index (χ1) is 8.02. The first kappa shape index (κ1) is 12.3. The van der Waals surface area contributed by atoms with Gasteiger partial charge < -0.3 is 5.11 Å². The number of hydrogen-bond acceptors (Lipinski definition) is 3. The summed E-state index contributed by atoms with van der Waals surface area (Å²) in [6, 6.07) is 1.96. The van der Waals surface area contributed by atoms with Crippen molar-refractivity contribution in [2.45, 2.75) is 38.6 Å². The van der Waals surface area contributed by atoms with Crippen LogP contribution in [0.3, 0.4) is 0 Å². The van der Waals surface area contributed by atoms with Gasteiger partial charge >= 0.3 is 0 Å². The number of phenols is 1. The SMILES string of the molecule is Cc1cc(Br)c(C)c(O)c1C1(N=C=O)CCC1. The van der Waals surface area contributed by atoms with E-state index in [2.05, 4.69) is 20.9 Å². The molecule has 0 unspecified atom stereocenters. The highest BCUT2D eigenvalue weighted by molar-refractivity contribution is 9.10. The third kappa shape index (κ3) is 1.81. The summed E-state index contributed by atoms with van der Waals surface area (Å²) in [5.74, 6) is 0.246. The zero-order valence-corrected chi connectivity index (χ0v) is 11.5. The smallest absolute Gasteiger partial charge is 0.235 e. The van der Waals surface area contributed by atoms with Crippen molar-refractivity contribution in [2.75, 3.05) is 0 Å². The van der Waals surface area contributed by atoms with Gasteiger partial charge in [-0.2, -0.15) is 4.99 Å². The van der Waals surface area contributed by atoms with Gasteiger partial charge in [-0.3, -0.25) is 0 Å². The van der Waals surface area contributed by atoms with Gasteiger partial charge in [0.1, 0.15) is 11.3 Å². The lowest BCUT2D eigenvalue weighted by Gasteiger charge is -2.38. The molecule has 0 aromatic heterocycles. The molecule has 90 valence electrons. The number of aromatic hydroxyl groups is 1. The molecule has 4 heteroatoms. The van der Waals surface area contributed by atoms with Gasteiger partial charge in [-0.05, 0) is 44.7 Å². The lowest BCUT2D eigenvalue weighted by molar-refractivity contribution is 0.246. The fourth-order valence-electron chi connectivity index (χ4n) is 2.46. The Hall–Kier alpha value is -1.12. The fraction of sp³-hybridized carbons (Fsp3) is 0.462. The molecule has 0 saturated heterocycles. The molecule has 1 fully saturated rings. The molecule has 0 bridgehead atoms. The van der Waals surface area contributed by atoms with Crippen LogP contribution < -0.4 is 0 Å². The van der Waals surface area contributed by atoms with Crippen molar-refractivity contribution in [1.29, 1.82) is 0 Å². The molecule has 2 rings (SSSR count). The Labute approximate surface area is 109 Å². The van der Waals surface area contributed by atoms with Crippen molar-refractivity contribution in [2.24, 2.45) is 4.99 Å². The number of isocyanates is 1. The zero-order valence-electron chi connectivity index (χ0n) is 9.88. The van der Waals surface area contributed by atoms with Crippen LogP contribution in [0.1, 0.15) is 36.0 Å². The second-order valence-electron chi connectivity index (χ2n) is 4.61. The van der Waals surface area contributed by atoms with E-state index in [1.54, 1.807) is 6.08 Å². The molecular weight excluding hydrogens is 282 g/mol. The van der Waals surface area contributed by atoms with E-state index in [1.807, 2.05) is 19.9 Å². The molecule has 1 aliphatic rings. The molecule has 0 radical (unpaired) electrons. The minimum Gasteiger partial charge on any atom is -0.507 e. The maximum Gasteiger partial charge on any atom is 0.235 e. The highest BCUT2D eigenvalue weighted by Crippen LogP contribution is 2.50. The second-order valence-corrected chi connectivity index (χ2v) is 5.47. The average Bonchev–Trinajstić information content (AvgIpc) is 2.22. The van der Waals surface area contributed by atoms with Crippen LogP contribution in [-0.2, 0) is 10.3 Å². The maximum absolute atomic E-state index is 10.6. The molecule has 1 aliphatic carbocycles. The van der Waals surface area contributed by atoms with Gasteiger partial charge in [0.15, 0.2) is 0 Å². The Balaban J connectivity index is 2.66. The number of hydrogen-bond donors (Lipinski definition) is 1. The first-order valence-corrected chi connectivity index (χ1v) is 6.39. The number of benzene rings is 1. The van der Waals surface area contributed by atoms with Crippen LogP contribution in [0, 0.1) is 13.8 Å². The van der Waals surface area contributed by atoms with Crippen molar-refractivity contribution in [1.82, 2.24) is 0 Å². The van der Waals surface area contributed by atoms with E-state index in [0.717, 1.165) is 40.4 Å². The second kappa shape index (κ2) is 4.28. The molecule has 1 saturated carbocycles. The quantitative estimate of drug-likeness (QED) is 0.671. The van der Waals surface area contributed by atoms with Crippen LogP contribution in [0.4, 0.5) is 0 Å². The number of aryl methyl sites for hydroxylation is 1. The van der Waals surface area contributed by atoms with E-state index >= 15 is 0 Å². The van der Waals surface area contributed by atoms with Gasteiger partial charge in [0, 0.05) is 15.6 Å². The molecule has 0 spiro atoms. The minimum absolute atomic E-state index is 0.246. The number of aliphatic imine (C=N–C) groups is 1. The lowest BCUT2D eigenvalue weighted by Crippen LogP contribution is -2.33. The van der Waals surface area contributed by atoms with E-state index in [1.165, 1.54) is 0 Å². The summed E-state index contributed by atoms with van der Waals surface area (Å²) in [5.41, 5.74) is 1.99. The third-order valence-electron chi connectivity index (χ3n) is 3.59. The van der Waals surface area contributed by atoms with Crippen LogP contribution in [0.2, 0.25) is 0 Å². The highest BCUT2D eigenvalue weighted by Gasteiger charge is 2.42. The Kier molecular flexibility index (Phi) is 3.11. The summed E-state index contributed by atoms with van der Waals surface area (Å²) in [4.78, 5) is 14.5. The minimum atomic E-state index is -0.540. The number of halogens is 1. The summed E-state index contributed by atoms with van der Waals surface area (Å²) < 4.78 is 0.876. The zero-order chi connectivity index (χ0) is 12.6. The molecule has 3 nitrogen and oxygen atoms in total. The summed E-state index contributed by atoms with van der Waals surface area (Å²) in [6.07, 6.45) is 4.28. The standard InChI is InChI=1S/C13H14BrNO2/c1-8-6-10(14)9(2)12(17)11(8)13(15-7-16)4-3-5-13/h6,17H,3-5H2,1-2H3. The van der Waals surface area contributed by atoms with Crippen LogP contribution >= 0.6 is 15.9 Å². The molecule has 1 aromatic carbocycles. The topological polar surface area (TPSA) is 49.7 Å². The normalized spacial score (nSPS) is 17.1. The molecule has 0 aliphatic heterocycles. The fourth-order valence-corrected chi connectivity index (χ4v) is 2.99. The number of phenolic OH excluding ortho intramolecular Hbond substituents is 1. The Morgan fingerprint density at radius 1 is 1.47 bits per heavy atom. The summed E-state index contributed by atoms with van der Waals surface area (Å²) in [5, 5.41) is 10.3. The number of rotatable bonds is 2. The Morgan fingerprint density at radius 3 is 2.59 bits per heavy atom. The predicted molar refractivity (Wildman–Crippen MR) is 68.9 cm³/mol. The average molecular weight is 296 g/mol. The molecule has 0 amide bonds. The van der Waals surface area contributed by atoms with Crippen LogP contribution in [-0.4, -0.2) is 11.2 Å². The van der Waals surface area contributed by atoms with Gasteiger partial charge in [0.2, 0.25) is 6.08 Å². The molecule has 0 atom stereocenters. The van der Waals surface area contributed by atoms with Crippen molar-refractivity contribution < 1.29 is 9.90 Å². The van der Waals surface area contributed by atoms with Gasteiger partial charge in [0.05, 0.1) is 0 Å².